The standard InChI is InChI=1S/C21H33ClN4O3S/c1-24-13-15-25(16-14-24)10-6-9-23-21(27)19-17-18(7-8-20(19)22)30(28,29)26-11-4-2-3-5-12-26/h7-8,17H,2-6,9-16H2,1H3,(H,23,27). The number of rotatable bonds is 7. The van der Waals surface area contributed by atoms with Gasteiger partial charge in [-0.05, 0) is 51.1 Å². The molecule has 1 aromatic carbocycles. The van der Waals surface area contributed by atoms with Crippen molar-refractivity contribution in [3.8, 4) is 0 Å². The summed E-state index contributed by atoms with van der Waals surface area (Å²) < 4.78 is 27.6. The first-order chi connectivity index (χ1) is 14.4. The Labute approximate surface area is 185 Å². The summed E-state index contributed by atoms with van der Waals surface area (Å²) in [6, 6.07) is 4.41. The van der Waals surface area contributed by atoms with Crippen LogP contribution in [0.15, 0.2) is 23.1 Å². The Morgan fingerprint density at radius 2 is 1.70 bits per heavy atom. The summed E-state index contributed by atoms with van der Waals surface area (Å²) in [6.45, 7) is 6.76. The average molecular weight is 457 g/mol. The molecule has 2 heterocycles. The van der Waals surface area contributed by atoms with Gasteiger partial charge in [0.15, 0.2) is 0 Å². The molecule has 0 aliphatic carbocycles. The second-order valence-corrected chi connectivity index (χ2v) is 10.6. The maximum atomic E-state index is 13.0. The first-order valence-corrected chi connectivity index (χ1v) is 12.7. The topological polar surface area (TPSA) is 73.0 Å². The summed E-state index contributed by atoms with van der Waals surface area (Å²) in [5, 5.41) is 3.15. The quantitative estimate of drug-likeness (QED) is 0.637. The molecule has 0 unspecified atom stereocenters. The normalized spacial score (nSPS) is 20.1. The zero-order valence-corrected chi connectivity index (χ0v) is 19.3. The molecule has 7 nitrogen and oxygen atoms in total. The third-order valence-corrected chi connectivity index (χ3v) is 8.14. The highest BCUT2D eigenvalue weighted by Gasteiger charge is 2.26. The van der Waals surface area contributed by atoms with Crippen LogP contribution in [-0.2, 0) is 10.0 Å². The van der Waals surface area contributed by atoms with E-state index in [0.717, 1.165) is 64.8 Å². The molecule has 0 bridgehead atoms. The first-order valence-electron chi connectivity index (χ1n) is 10.9. The molecule has 0 radical (unpaired) electrons. The molecule has 3 rings (SSSR count). The SMILES string of the molecule is CN1CCN(CCCNC(=O)c2cc(S(=O)(=O)N3CCCCCC3)ccc2Cl)CC1. The lowest BCUT2D eigenvalue weighted by Gasteiger charge is -2.32. The van der Waals surface area contributed by atoms with E-state index in [9.17, 15) is 13.2 Å². The van der Waals surface area contributed by atoms with Crippen LogP contribution in [0.5, 0.6) is 0 Å². The number of piperazine rings is 1. The molecule has 9 heteroatoms. The number of halogens is 1. The van der Waals surface area contributed by atoms with E-state index in [4.69, 9.17) is 11.6 Å². The first kappa shape index (κ1) is 23.5. The minimum Gasteiger partial charge on any atom is -0.352 e. The minimum absolute atomic E-state index is 0.136. The number of hydrogen-bond acceptors (Lipinski definition) is 5. The van der Waals surface area contributed by atoms with E-state index in [1.807, 2.05) is 0 Å². The highest BCUT2D eigenvalue weighted by Crippen LogP contribution is 2.25. The van der Waals surface area contributed by atoms with Gasteiger partial charge in [-0.2, -0.15) is 4.31 Å². The van der Waals surface area contributed by atoms with Crippen molar-refractivity contribution in [1.82, 2.24) is 19.4 Å². The molecule has 1 amide bonds. The Kier molecular flexibility index (Phi) is 8.53. The number of nitrogens with one attached hydrogen (secondary N) is 1. The fraction of sp³-hybridized carbons (Fsp3) is 0.667. The second-order valence-electron chi connectivity index (χ2n) is 8.21. The van der Waals surface area contributed by atoms with Crippen LogP contribution < -0.4 is 5.32 Å². The van der Waals surface area contributed by atoms with E-state index in [2.05, 4.69) is 22.2 Å². The van der Waals surface area contributed by atoms with Crippen LogP contribution in [0.2, 0.25) is 5.02 Å². The third-order valence-electron chi connectivity index (χ3n) is 5.92. The van der Waals surface area contributed by atoms with Crippen molar-refractivity contribution >= 4 is 27.5 Å². The average Bonchev–Trinajstić information content (AvgIpc) is 3.03. The molecular formula is C21H33ClN4O3S. The molecule has 1 N–H and O–H groups in total. The van der Waals surface area contributed by atoms with Gasteiger partial charge in [0.1, 0.15) is 0 Å². The fourth-order valence-corrected chi connectivity index (χ4v) is 5.69. The van der Waals surface area contributed by atoms with Crippen LogP contribution in [-0.4, -0.2) is 87.8 Å². The predicted molar refractivity (Wildman–Crippen MR) is 120 cm³/mol. The van der Waals surface area contributed by atoms with Crippen molar-refractivity contribution in [3.05, 3.63) is 28.8 Å². The molecule has 2 aliphatic rings. The lowest BCUT2D eigenvalue weighted by Crippen LogP contribution is -2.45. The summed E-state index contributed by atoms with van der Waals surface area (Å²) in [6.07, 6.45) is 4.68. The summed E-state index contributed by atoms with van der Waals surface area (Å²) in [5.41, 5.74) is 0.215. The van der Waals surface area contributed by atoms with Crippen LogP contribution in [0.1, 0.15) is 42.5 Å². The van der Waals surface area contributed by atoms with Gasteiger partial charge < -0.3 is 15.1 Å². The van der Waals surface area contributed by atoms with Gasteiger partial charge in [0.05, 0.1) is 15.5 Å². The molecule has 1 aromatic rings. The van der Waals surface area contributed by atoms with Gasteiger partial charge in [-0.1, -0.05) is 24.4 Å². The largest absolute Gasteiger partial charge is 0.352 e. The Bertz CT molecular complexity index is 818. The molecule has 2 fully saturated rings. The Hall–Kier alpha value is -1.19. The number of nitrogens with zero attached hydrogens (tertiary/aromatic N) is 3. The van der Waals surface area contributed by atoms with Crippen LogP contribution >= 0.6 is 11.6 Å². The van der Waals surface area contributed by atoms with Crippen LogP contribution in [0.3, 0.4) is 0 Å². The Morgan fingerprint density at radius 1 is 1.03 bits per heavy atom. The summed E-state index contributed by atoms with van der Waals surface area (Å²) in [4.78, 5) is 17.5. The molecule has 30 heavy (non-hydrogen) atoms. The molecule has 2 aliphatic heterocycles. The van der Waals surface area contributed by atoms with E-state index in [1.54, 1.807) is 0 Å². The van der Waals surface area contributed by atoms with E-state index in [1.165, 1.54) is 22.5 Å². The smallest absolute Gasteiger partial charge is 0.252 e. The maximum Gasteiger partial charge on any atom is 0.252 e. The van der Waals surface area contributed by atoms with Crippen LogP contribution in [0.25, 0.3) is 0 Å². The van der Waals surface area contributed by atoms with Gasteiger partial charge in [0, 0.05) is 45.8 Å². The molecule has 0 aromatic heterocycles. The van der Waals surface area contributed by atoms with Gasteiger partial charge in [-0.3, -0.25) is 4.79 Å². The lowest BCUT2D eigenvalue weighted by molar-refractivity contribution is 0.0949. The van der Waals surface area contributed by atoms with Crippen molar-refractivity contribution in [2.45, 2.75) is 37.0 Å². The minimum atomic E-state index is -3.62. The van der Waals surface area contributed by atoms with Gasteiger partial charge in [-0.15, -0.1) is 0 Å². The zero-order chi connectivity index (χ0) is 21.6. The van der Waals surface area contributed by atoms with Crippen molar-refractivity contribution in [2.75, 3.05) is 59.4 Å². The highest BCUT2D eigenvalue weighted by molar-refractivity contribution is 7.89. The number of likely N-dealkylation sites (N-methyl/N-ethyl adjacent to an activating group) is 1. The zero-order valence-electron chi connectivity index (χ0n) is 17.8. The van der Waals surface area contributed by atoms with Crippen molar-refractivity contribution in [1.29, 1.82) is 0 Å². The molecule has 168 valence electrons. The van der Waals surface area contributed by atoms with Gasteiger partial charge in [0.2, 0.25) is 10.0 Å². The predicted octanol–water partition coefficient (Wildman–Crippen LogP) is 2.27. The molecular weight excluding hydrogens is 424 g/mol. The summed E-state index contributed by atoms with van der Waals surface area (Å²) in [7, 11) is -1.49. The monoisotopic (exact) mass is 456 g/mol. The fourth-order valence-electron chi connectivity index (χ4n) is 3.94. The van der Waals surface area contributed by atoms with Gasteiger partial charge in [0.25, 0.3) is 5.91 Å². The maximum absolute atomic E-state index is 13.0. The van der Waals surface area contributed by atoms with E-state index >= 15 is 0 Å². The molecule has 0 atom stereocenters. The number of amides is 1. The molecule has 2 saturated heterocycles. The van der Waals surface area contributed by atoms with Crippen molar-refractivity contribution < 1.29 is 13.2 Å². The summed E-state index contributed by atoms with van der Waals surface area (Å²) in [5.74, 6) is -0.328. The van der Waals surface area contributed by atoms with Crippen molar-refractivity contribution in [3.63, 3.8) is 0 Å². The Balaban J connectivity index is 1.58. The highest BCUT2D eigenvalue weighted by atomic mass is 35.5. The van der Waals surface area contributed by atoms with Crippen LogP contribution in [0, 0.1) is 0 Å². The van der Waals surface area contributed by atoms with E-state index in [-0.39, 0.29) is 21.4 Å². The second kappa shape index (κ2) is 10.9. The molecule has 0 saturated carbocycles. The number of carbonyl (C=O) groups is 1. The summed E-state index contributed by atoms with van der Waals surface area (Å²) >= 11 is 6.22. The van der Waals surface area contributed by atoms with E-state index < -0.39 is 10.0 Å². The van der Waals surface area contributed by atoms with E-state index in [0.29, 0.717) is 19.6 Å². The van der Waals surface area contributed by atoms with Gasteiger partial charge >= 0.3 is 0 Å². The van der Waals surface area contributed by atoms with Crippen LogP contribution in [0.4, 0.5) is 0 Å². The molecule has 0 spiro atoms. The third kappa shape index (κ3) is 6.17. The number of sulfonamides is 1. The number of benzene rings is 1. The Morgan fingerprint density at radius 3 is 2.37 bits per heavy atom. The van der Waals surface area contributed by atoms with Gasteiger partial charge in [-0.25, -0.2) is 8.42 Å². The lowest BCUT2D eigenvalue weighted by atomic mass is 10.2. The number of carbonyl (C=O) groups excluding carboxylic acids is 1. The van der Waals surface area contributed by atoms with Crippen molar-refractivity contribution in [2.24, 2.45) is 0 Å². The number of hydrogen-bond donors (Lipinski definition) is 1.